The summed E-state index contributed by atoms with van der Waals surface area (Å²) in [6.45, 7) is 0. The molecule has 0 fully saturated rings. The third-order valence-corrected chi connectivity index (χ3v) is 5.10. The van der Waals surface area contributed by atoms with E-state index in [1.54, 1.807) is 60.7 Å². The zero-order valence-electron chi connectivity index (χ0n) is 18.2. The van der Waals surface area contributed by atoms with Gasteiger partial charge in [-0.25, -0.2) is 0 Å². The zero-order valence-corrected chi connectivity index (χ0v) is 18.2. The second-order valence-corrected chi connectivity index (χ2v) is 7.64. The molecule has 0 amide bonds. The lowest BCUT2D eigenvalue weighted by Crippen LogP contribution is -2.17. The lowest BCUT2D eigenvalue weighted by atomic mass is 9.97. The minimum absolute atomic E-state index is 0.295. The van der Waals surface area contributed by atoms with Crippen LogP contribution in [-0.2, 0) is 0 Å². The molecule has 0 saturated heterocycles. The van der Waals surface area contributed by atoms with Crippen LogP contribution in [0.15, 0.2) is 97.1 Å². The topological polar surface area (TPSA) is 35.5 Å². The SMILES string of the molecule is O=C(c1ccc(-c2cccc(OC(F)(F)F)c2)cc1)c1ccc(-c2cccc(OC(F)(F)F)c2)cc1. The smallest absolute Gasteiger partial charge is 0.406 e. The van der Waals surface area contributed by atoms with Crippen LogP contribution in [0.2, 0.25) is 0 Å². The number of ketones is 1. The summed E-state index contributed by atoms with van der Waals surface area (Å²) < 4.78 is 82.7. The van der Waals surface area contributed by atoms with Crippen molar-refractivity contribution in [1.82, 2.24) is 0 Å². The van der Waals surface area contributed by atoms with Crippen molar-refractivity contribution >= 4 is 5.78 Å². The fourth-order valence-electron chi connectivity index (χ4n) is 3.54. The Morgan fingerprint density at radius 2 is 0.861 bits per heavy atom. The van der Waals surface area contributed by atoms with Crippen LogP contribution in [0.3, 0.4) is 0 Å². The first-order chi connectivity index (χ1) is 17.0. The molecule has 3 nitrogen and oxygen atoms in total. The summed E-state index contributed by atoms with van der Waals surface area (Å²) in [6, 6.07) is 23.7. The fraction of sp³-hybridized carbons (Fsp3) is 0.0741. The van der Waals surface area contributed by atoms with E-state index in [9.17, 15) is 31.1 Å². The molecule has 0 saturated carbocycles. The molecule has 0 aromatic heterocycles. The maximum Gasteiger partial charge on any atom is 0.573 e. The second kappa shape index (κ2) is 9.77. The summed E-state index contributed by atoms with van der Waals surface area (Å²) in [5, 5.41) is 0. The summed E-state index contributed by atoms with van der Waals surface area (Å²) in [4.78, 5) is 12.9. The molecule has 0 aliphatic carbocycles. The lowest BCUT2D eigenvalue weighted by Gasteiger charge is -2.11. The Hall–Kier alpha value is -4.27. The van der Waals surface area contributed by atoms with Crippen LogP contribution in [-0.4, -0.2) is 18.5 Å². The van der Waals surface area contributed by atoms with Crippen LogP contribution in [0.5, 0.6) is 11.5 Å². The zero-order chi connectivity index (χ0) is 25.9. The Bertz CT molecular complexity index is 1250. The molecule has 0 N–H and O–H groups in total. The van der Waals surface area contributed by atoms with Crippen molar-refractivity contribution in [2.24, 2.45) is 0 Å². The molecule has 9 heteroatoms. The molecule has 0 aliphatic rings. The number of hydrogen-bond acceptors (Lipinski definition) is 3. The van der Waals surface area contributed by atoms with Gasteiger partial charge in [0, 0.05) is 11.1 Å². The van der Waals surface area contributed by atoms with Gasteiger partial charge in [0.1, 0.15) is 11.5 Å². The van der Waals surface area contributed by atoms with Crippen LogP contribution < -0.4 is 9.47 Å². The standard InChI is InChI=1S/C27H16F6O3/c28-26(29,30)35-23-5-1-3-21(15-23)17-7-11-19(12-8-17)25(34)20-13-9-18(10-14-20)22-4-2-6-24(16-22)36-27(31,32)33/h1-16H. The van der Waals surface area contributed by atoms with Gasteiger partial charge in [0.15, 0.2) is 5.78 Å². The predicted molar refractivity (Wildman–Crippen MR) is 121 cm³/mol. The van der Waals surface area contributed by atoms with E-state index in [4.69, 9.17) is 0 Å². The van der Waals surface area contributed by atoms with E-state index in [0.717, 1.165) is 0 Å². The third kappa shape index (κ3) is 6.44. The minimum Gasteiger partial charge on any atom is -0.406 e. The summed E-state index contributed by atoms with van der Waals surface area (Å²) in [5.74, 6) is -0.997. The van der Waals surface area contributed by atoms with Crippen molar-refractivity contribution in [3.8, 4) is 33.8 Å². The van der Waals surface area contributed by atoms with E-state index in [-0.39, 0.29) is 17.3 Å². The monoisotopic (exact) mass is 502 g/mol. The maximum absolute atomic E-state index is 12.9. The Balaban J connectivity index is 1.49. The van der Waals surface area contributed by atoms with Crippen LogP contribution in [0.1, 0.15) is 15.9 Å². The summed E-state index contributed by atoms with van der Waals surface area (Å²) >= 11 is 0. The van der Waals surface area contributed by atoms with Gasteiger partial charge in [-0.15, -0.1) is 26.3 Å². The lowest BCUT2D eigenvalue weighted by molar-refractivity contribution is -0.275. The van der Waals surface area contributed by atoms with E-state index in [2.05, 4.69) is 9.47 Å². The van der Waals surface area contributed by atoms with E-state index in [1.807, 2.05) is 0 Å². The van der Waals surface area contributed by atoms with Crippen LogP contribution in [0.25, 0.3) is 22.3 Å². The fourth-order valence-corrected chi connectivity index (χ4v) is 3.54. The number of alkyl halides is 6. The number of benzene rings is 4. The summed E-state index contributed by atoms with van der Waals surface area (Å²) in [6.07, 6.45) is -9.60. The molecule has 4 rings (SSSR count). The van der Waals surface area contributed by atoms with Gasteiger partial charge in [0.2, 0.25) is 0 Å². The number of ether oxygens (including phenoxy) is 2. The highest BCUT2D eigenvalue weighted by Crippen LogP contribution is 2.30. The quantitative estimate of drug-likeness (QED) is 0.198. The molecule has 0 bridgehead atoms. The maximum atomic E-state index is 12.9. The van der Waals surface area contributed by atoms with Gasteiger partial charge in [0.05, 0.1) is 0 Å². The summed E-state index contributed by atoms with van der Waals surface area (Å²) in [5.41, 5.74) is 2.86. The van der Waals surface area contributed by atoms with Gasteiger partial charge in [-0.1, -0.05) is 72.8 Å². The first-order valence-electron chi connectivity index (χ1n) is 10.4. The van der Waals surface area contributed by atoms with Gasteiger partial charge in [0.25, 0.3) is 0 Å². The highest BCUT2D eigenvalue weighted by molar-refractivity contribution is 6.09. The molecule has 36 heavy (non-hydrogen) atoms. The Morgan fingerprint density at radius 3 is 1.19 bits per heavy atom. The Labute approximate surface area is 201 Å². The molecule has 0 unspecified atom stereocenters. The number of halogens is 6. The number of rotatable bonds is 6. The van der Waals surface area contributed by atoms with Crippen molar-refractivity contribution in [2.75, 3.05) is 0 Å². The Kier molecular flexibility index (Phi) is 6.74. The molecule has 0 spiro atoms. The van der Waals surface area contributed by atoms with Gasteiger partial charge < -0.3 is 9.47 Å². The van der Waals surface area contributed by atoms with Crippen LogP contribution in [0, 0.1) is 0 Å². The predicted octanol–water partition coefficient (Wildman–Crippen LogP) is 8.05. The van der Waals surface area contributed by atoms with Gasteiger partial charge in [-0.3, -0.25) is 4.79 Å². The third-order valence-electron chi connectivity index (χ3n) is 5.10. The number of carbonyl (C=O) groups is 1. The average molecular weight is 502 g/mol. The first kappa shape index (κ1) is 24.8. The Morgan fingerprint density at radius 1 is 0.500 bits per heavy atom. The molecule has 0 atom stereocenters. The molecule has 184 valence electrons. The molecular weight excluding hydrogens is 486 g/mol. The van der Waals surface area contributed by atoms with Crippen molar-refractivity contribution in [1.29, 1.82) is 0 Å². The average Bonchev–Trinajstić information content (AvgIpc) is 2.82. The second-order valence-electron chi connectivity index (χ2n) is 7.64. The molecule has 0 aliphatic heterocycles. The van der Waals surface area contributed by atoms with E-state index in [1.165, 1.54) is 36.4 Å². The normalized spacial score (nSPS) is 11.7. The highest BCUT2D eigenvalue weighted by Gasteiger charge is 2.31. The molecule has 4 aromatic carbocycles. The van der Waals surface area contributed by atoms with Crippen molar-refractivity contribution in [3.63, 3.8) is 0 Å². The largest absolute Gasteiger partial charge is 0.573 e. The van der Waals surface area contributed by atoms with E-state index >= 15 is 0 Å². The molecule has 4 aromatic rings. The minimum atomic E-state index is -4.80. The summed E-state index contributed by atoms with van der Waals surface area (Å²) in [7, 11) is 0. The van der Waals surface area contributed by atoms with Crippen molar-refractivity contribution in [2.45, 2.75) is 12.7 Å². The van der Waals surface area contributed by atoms with Crippen LogP contribution in [0.4, 0.5) is 26.3 Å². The van der Waals surface area contributed by atoms with Crippen molar-refractivity contribution in [3.05, 3.63) is 108 Å². The van der Waals surface area contributed by atoms with Crippen LogP contribution >= 0.6 is 0 Å². The molecular formula is C27H16F6O3. The van der Waals surface area contributed by atoms with Gasteiger partial charge in [-0.05, 0) is 46.5 Å². The number of carbonyl (C=O) groups excluding carboxylic acids is 1. The van der Waals surface area contributed by atoms with Gasteiger partial charge >= 0.3 is 12.7 Å². The van der Waals surface area contributed by atoms with E-state index < -0.39 is 12.7 Å². The molecule has 0 radical (unpaired) electrons. The first-order valence-corrected chi connectivity index (χ1v) is 10.4. The number of hydrogen-bond donors (Lipinski definition) is 0. The highest BCUT2D eigenvalue weighted by atomic mass is 19.4. The van der Waals surface area contributed by atoms with E-state index in [0.29, 0.717) is 33.4 Å². The van der Waals surface area contributed by atoms with Gasteiger partial charge in [-0.2, -0.15) is 0 Å². The molecule has 0 heterocycles. The van der Waals surface area contributed by atoms with Crippen molar-refractivity contribution < 1.29 is 40.6 Å².